The molecule has 2 rings (SSSR count). The molecule has 0 spiro atoms. The van der Waals surface area contributed by atoms with E-state index >= 15 is 0 Å². The smallest absolute Gasteiger partial charge is 0.248 e. The number of nitrogens with zero attached hydrogens (tertiary/aromatic N) is 2. The van der Waals surface area contributed by atoms with Gasteiger partial charge in [-0.15, -0.1) is 0 Å². The summed E-state index contributed by atoms with van der Waals surface area (Å²) in [6.45, 7) is 5.38. The van der Waals surface area contributed by atoms with Crippen LogP contribution in [-0.4, -0.2) is 4.57 Å². The lowest BCUT2D eigenvalue weighted by Gasteiger charge is -1.96. The highest BCUT2D eigenvalue weighted by Gasteiger charge is 2.04. The maximum absolute atomic E-state index is 2.21. The van der Waals surface area contributed by atoms with Gasteiger partial charge in [0.25, 0.3) is 0 Å². The molecule has 0 fully saturated rings. The van der Waals surface area contributed by atoms with E-state index in [0.717, 1.165) is 6.54 Å². The molecule has 1 aromatic carbocycles. The van der Waals surface area contributed by atoms with Crippen molar-refractivity contribution in [3.8, 4) is 5.69 Å². The van der Waals surface area contributed by atoms with E-state index in [9.17, 15) is 0 Å². The Labute approximate surface area is 107 Å². The molecule has 0 radical (unpaired) electrons. The molecule has 0 amide bonds. The van der Waals surface area contributed by atoms with E-state index in [1.54, 1.807) is 0 Å². The lowest BCUT2D eigenvalue weighted by molar-refractivity contribution is -0.595. The van der Waals surface area contributed by atoms with Crippen LogP contribution in [-0.2, 0) is 6.54 Å². The summed E-state index contributed by atoms with van der Waals surface area (Å²) in [5, 5.41) is 0. The third-order valence-electron chi connectivity index (χ3n) is 2.51. The van der Waals surface area contributed by atoms with Gasteiger partial charge in [-0.1, -0.05) is 24.6 Å². The van der Waals surface area contributed by atoms with Gasteiger partial charge in [0.1, 0.15) is 18.1 Å². The minimum atomic E-state index is 0. The van der Waals surface area contributed by atoms with Gasteiger partial charge in [0, 0.05) is 0 Å². The van der Waals surface area contributed by atoms with Gasteiger partial charge in [-0.2, -0.15) is 0 Å². The fourth-order valence-electron chi connectivity index (χ4n) is 1.65. The van der Waals surface area contributed by atoms with Gasteiger partial charge in [0.05, 0.1) is 6.54 Å². The molecule has 1 aromatic heterocycles. The van der Waals surface area contributed by atoms with Gasteiger partial charge in [0.15, 0.2) is 0 Å². The average molecular weight is 281 g/mol. The number of aromatic nitrogens is 2. The van der Waals surface area contributed by atoms with Crippen molar-refractivity contribution in [2.24, 2.45) is 0 Å². The molecule has 1 heterocycles. The molecular formula is C13H17BrN2. The Morgan fingerprint density at radius 3 is 2.50 bits per heavy atom. The molecule has 0 bridgehead atoms. The first-order chi connectivity index (χ1) is 7.29. The predicted molar refractivity (Wildman–Crippen MR) is 61.0 cm³/mol. The monoisotopic (exact) mass is 280 g/mol. The van der Waals surface area contributed by atoms with E-state index in [1.165, 1.54) is 17.7 Å². The van der Waals surface area contributed by atoms with Crippen molar-refractivity contribution in [3.63, 3.8) is 0 Å². The van der Waals surface area contributed by atoms with Crippen molar-refractivity contribution in [3.05, 3.63) is 48.5 Å². The summed E-state index contributed by atoms with van der Waals surface area (Å²) >= 11 is 0. The first kappa shape index (κ1) is 13.0. The van der Waals surface area contributed by atoms with Gasteiger partial charge < -0.3 is 17.0 Å². The zero-order chi connectivity index (χ0) is 10.7. The van der Waals surface area contributed by atoms with Crippen LogP contribution in [0.2, 0.25) is 0 Å². The largest absolute Gasteiger partial charge is 1.00 e. The molecule has 16 heavy (non-hydrogen) atoms. The Balaban J connectivity index is 0.00000128. The fourth-order valence-corrected chi connectivity index (χ4v) is 1.65. The molecule has 0 N–H and O–H groups in total. The van der Waals surface area contributed by atoms with Crippen LogP contribution in [0, 0.1) is 6.92 Å². The van der Waals surface area contributed by atoms with E-state index in [1.807, 2.05) is 0 Å². The van der Waals surface area contributed by atoms with Crippen LogP contribution >= 0.6 is 0 Å². The van der Waals surface area contributed by atoms with Crippen LogP contribution in [0.25, 0.3) is 5.69 Å². The van der Waals surface area contributed by atoms with Gasteiger partial charge >= 0.3 is 0 Å². The molecular weight excluding hydrogens is 264 g/mol. The molecule has 0 unspecified atom stereocenters. The maximum Gasteiger partial charge on any atom is 0.248 e. The van der Waals surface area contributed by atoms with Gasteiger partial charge in [-0.3, -0.25) is 0 Å². The van der Waals surface area contributed by atoms with Gasteiger partial charge in [0.2, 0.25) is 6.33 Å². The van der Waals surface area contributed by atoms with Crippen molar-refractivity contribution >= 4 is 0 Å². The molecule has 2 nitrogen and oxygen atoms in total. The van der Waals surface area contributed by atoms with E-state index in [0.29, 0.717) is 0 Å². The van der Waals surface area contributed by atoms with Crippen LogP contribution in [0.4, 0.5) is 0 Å². The SMILES string of the molecule is CCCn1cc[n+](-c2ccc(C)cc2)c1.[Br-]. The Hall–Kier alpha value is -1.09. The number of benzene rings is 1. The summed E-state index contributed by atoms with van der Waals surface area (Å²) in [5.74, 6) is 0. The predicted octanol–water partition coefficient (Wildman–Crippen LogP) is -0.513. The Morgan fingerprint density at radius 2 is 1.88 bits per heavy atom. The number of hydrogen-bond acceptors (Lipinski definition) is 0. The van der Waals surface area contributed by atoms with Crippen molar-refractivity contribution < 1.29 is 21.5 Å². The van der Waals surface area contributed by atoms with Crippen LogP contribution in [0.15, 0.2) is 43.0 Å². The summed E-state index contributed by atoms with van der Waals surface area (Å²) < 4.78 is 4.36. The summed E-state index contributed by atoms with van der Waals surface area (Å²) in [6, 6.07) is 8.57. The average Bonchev–Trinajstić information content (AvgIpc) is 2.68. The van der Waals surface area contributed by atoms with Crippen molar-refractivity contribution in [1.29, 1.82) is 0 Å². The van der Waals surface area contributed by atoms with E-state index in [4.69, 9.17) is 0 Å². The molecule has 0 aliphatic rings. The van der Waals surface area contributed by atoms with E-state index in [2.05, 4.69) is 66.0 Å². The highest BCUT2D eigenvalue weighted by atomic mass is 79.9. The molecule has 86 valence electrons. The maximum atomic E-state index is 2.21. The van der Waals surface area contributed by atoms with Crippen LogP contribution in [0.3, 0.4) is 0 Å². The summed E-state index contributed by atoms with van der Waals surface area (Å²) in [4.78, 5) is 0. The quantitative estimate of drug-likeness (QED) is 0.670. The zero-order valence-corrected chi connectivity index (χ0v) is 11.3. The second-order valence-corrected chi connectivity index (χ2v) is 3.89. The highest BCUT2D eigenvalue weighted by molar-refractivity contribution is 5.26. The lowest BCUT2D eigenvalue weighted by Crippen LogP contribution is -3.00. The molecule has 0 atom stereocenters. The number of aryl methyl sites for hydroxylation is 2. The Bertz CT molecular complexity index is 431. The first-order valence-electron chi connectivity index (χ1n) is 5.43. The number of hydrogen-bond donors (Lipinski definition) is 0. The molecule has 3 heteroatoms. The standard InChI is InChI=1S/C13H17N2.BrH/c1-3-8-14-9-10-15(11-14)13-6-4-12(2)5-7-13;/h4-7,9-11H,3,8H2,1-2H3;1H/q+1;/p-1. The highest BCUT2D eigenvalue weighted by Crippen LogP contribution is 2.02. The second kappa shape index (κ2) is 5.85. The van der Waals surface area contributed by atoms with E-state index < -0.39 is 0 Å². The topological polar surface area (TPSA) is 8.81 Å². The number of rotatable bonds is 3. The summed E-state index contributed by atoms with van der Waals surface area (Å²) in [7, 11) is 0. The fraction of sp³-hybridized carbons (Fsp3) is 0.308. The van der Waals surface area contributed by atoms with E-state index in [-0.39, 0.29) is 17.0 Å². The molecule has 2 aromatic rings. The molecule has 0 aliphatic carbocycles. The Kier molecular flexibility index (Phi) is 4.74. The third kappa shape index (κ3) is 2.95. The lowest BCUT2D eigenvalue weighted by atomic mass is 10.2. The van der Waals surface area contributed by atoms with Crippen molar-refractivity contribution in [2.45, 2.75) is 26.8 Å². The molecule has 0 aliphatic heterocycles. The van der Waals surface area contributed by atoms with Crippen LogP contribution in [0.5, 0.6) is 0 Å². The normalized spacial score (nSPS) is 9.88. The minimum absolute atomic E-state index is 0. The summed E-state index contributed by atoms with van der Waals surface area (Å²) in [6.07, 6.45) is 7.51. The number of imidazole rings is 1. The van der Waals surface area contributed by atoms with Crippen molar-refractivity contribution in [2.75, 3.05) is 0 Å². The third-order valence-corrected chi connectivity index (χ3v) is 2.51. The van der Waals surface area contributed by atoms with Gasteiger partial charge in [-0.25, -0.2) is 9.13 Å². The zero-order valence-electron chi connectivity index (χ0n) is 9.73. The number of halogens is 1. The first-order valence-corrected chi connectivity index (χ1v) is 5.43. The molecule has 0 saturated carbocycles. The van der Waals surface area contributed by atoms with Crippen molar-refractivity contribution in [1.82, 2.24) is 4.57 Å². The van der Waals surface area contributed by atoms with Crippen LogP contribution < -0.4 is 21.5 Å². The second-order valence-electron chi connectivity index (χ2n) is 3.89. The minimum Gasteiger partial charge on any atom is -1.00 e. The van der Waals surface area contributed by atoms with Gasteiger partial charge in [-0.05, 0) is 25.5 Å². The van der Waals surface area contributed by atoms with Crippen LogP contribution in [0.1, 0.15) is 18.9 Å². The molecule has 0 saturated heterocycles. The summed E-state index contributed by atoms with van der Waals surface area (Å²) in [5.41, 5.74) is 2.52. The Morgan fingerprint density at radius 1 is 1.19 bits per heavy atom.